The van der Waals surface area contributed by atoms with Crippen molar-refractivity contribution in [3.63, 3.8) is 0 Å². The Bertz CT molecular complexity index is 159. The molecule has 0 aromatic rings. The molecule has 0 spiro atoms. The van der Waals surface area contributed by atoms with Crippen LogP contribution in [-0.2, 0) is 0 Å². The molecule has 78 valence electrons. The van der Waals surface area contributed by atoms with E-state index in [-0.39, 0.29) is 12.4 Å². The quantitative estimate of drug-likeness (QED) is 0.401. The Morgan fingerprint density at radius 2 is 1.92 bits per heavy atom. The van der Waals surface area contributed by atoms with Crippen molar-refractivity contribution < 1.29 is 0 Å². The van der Waals surface area contributed by atoms with Crippen LogP contribution in [0, 0.1) is 0 Å². The summed E-state index contributed by atoms with van der Waals surface area (Å²) < 4.78 is 0. The number of halogens is 1. The van der Waals surface area contributed by atoms with Gasteiger partial charge in [-0.2, -0.15) is 0 Å². The average molecular weight is 224 g/mol. The maximum Gasteiger partial charge on any atom is 0.183 e. The minimum absolute atomic E-state index is 0. The summed E-state index contributed by atoms with van der Waals surface area (Å²) in [5.41, 5.74) is 2.52. The average Bonchev–Trinajstić information content (AvgIpc) is 2.17. The van der Waals surface area contributed by atoms with Crippen LogP contribution < -0.4 is 11.3 Å². The van der Waals surface area contributed by atoms with Crippen molar-refractivity contribution >= 4 is 29.7 Å². The zero-order valence-corrected chi connectivity index (χ0v) is 9.59. The summed E-state index contributed by atoms with van der Waals surface area (Å²) in [5.74, 6) is 5.25. The highest BCUT2D eigenvalue weighted by atomic mass is 35.5. The first-order valence-corrected chi connectivity index (χ1v) is 4.90. The molecule has 3 nitrogen and oxygen atoms in total. The Hall–Kier alpha value is -0.0600. The maximum absolute atomic E-state index is 5.25. The molecular formula is C8H18ClN3S. The molecule has 0 saturated heterocycles. The van der Waals surface area contributed by atoms with Gasteiger partial charge in [-0.05, 0) is 25.1 Å². The number of rotatable bonds is 1. The van der Waals surface area contributed by atoms with Crippen LogP contribution in [0.1, 0.15) is 32.1 Å². The fraction of sp³-hybridized carbons (Fsp3) is 0.875. The standard InChI is InChI=1S/C8H17N3S.ClH/c1-11(8(12)10-9)7-5-3-2-4-6-7;/h7H,2-6,9H2,1H3,(H,10,12);1H. The van der Waals surface area contributed by atoms with Gasteiger partial charge in [0.15, 0.2) is 5.11 Å². The van der Waals surface area contributed by atoms with Gasteiger partial charge in [0.05, 0.1) is 0 Å². The van der Waals surface area contributed by atoms with E-state index >= 15 is 0 Å². The summed E-state index contributed by atoms with van der Waals surface area (Å²) in [7, 11) is 2.01. The molecule has 0 aromatic carbocycles. The third-order valence-electron chi connectivity index (χ3n) is 2.57. The lowest BCUT2D eigenvalue weighted by molar-refractivity contribution is 0.276. The predicted octanol–water partition coefficient (Wildman–Crippen LogP) is 1.42. The number of hydrazine groups is 1. The fourth-order valence-electron chi connectivity index (χ4n) is 1.74. The normalized spacial score (nSPS) is 17.4. The molecule has 0 heterocycles. The van der Waals surface area contributed by atoms with Gasteiger partial charge in [0.25, 0.3) is 0 Å². The molecule has 0 unspecified atom stereocenters. The fourth-order valence-corrected chi connectivity index (χ4v) is 1.89. The van der Waals surface area contributed by atoms with Crippen molar-refractivity contribution in [2.24, 2.45) is 5.84 Å². The van der Waals surface area contributed by atoms with Gasteiger partial charge >= 0.3 is 0 Å². The topological polar surface area (TPSA) is 41.3 Å². The van der Waals surface area contributed by atoms with Crippen LogP contribution in [0.25, 0.3) is 0 Å². The lowest BCUT2D eigenvalue weighted by Gasteiger charge is -2.32. The number of hydrogen-bond donors (Lipinski definition) is 2. The van der Waals surface area contributed by atoms with E-state index in [0.717, 1.165) is 0 Å². The van der Waals surface area contributed by atoms with Crippen molar-refractivity contribution in [2.45, 2.75) is 38.1 Å². The SMILES string of the molecule is CN(C(=S)NN)C1CCCCC1.Cl. The second-order valence-electron chi connectivity index (χ2n) is 3.35. The number of thiocarbonyl (C=S) groups is 1. The van der Waals surface area contributed by atoms with E-state index in [2.05, 4.69) is 10.3 Å². The van der Waals surface area contributed by atoms with Crippen molar-refractivity contribution in [3.05, 3.63) is 0 Å². The number of hydrogen-bond acceptors (Lipinski definition) is 2. The van der Waals surface area contributed by atoms with E-state index in [4.69, 9.17) is 18.1 Å². The molecule has 1 fully saturated rings. The third kappa shape index (κ3) is 3.67. The highest BCUT2D eigenvalue weighted by Gasteiger charge is 2.18. The first-order valence-electron chi connectivity index (χ1n) is 4.49. The molecule has 0 radical (unpaired) electrons. The van der Waals surface area contributed by atoms with Crippen molar-refractivity contribution in [2.75, 3.05) is 7.05 Å². The van der Waals surface area contributed by atoms with Gasteiger partial charge < -0.3 is 10.3 Å². The second-order valence-corrected chi connectivity index (χ2v) is 3.74. The highest BCUT2D eigenvalue weighted by Crippen LogP contribution is 2.21. The van der Waals surface area contributed by atoms with Gasteiger partial charge in [0, 0.05) is 13.1 Å². The number of nitrogens with two attached hydrogens (primary N) is 1. The first kappa shape index (κ1) is 12.9. The zero-order valence-electron chi connectivity index (χ0n) is 7.95. The summed E-state index contributed by atoms with van der Waals surface area (Å²) in [5, 5.41) is 0.655. The summed E-state index contributed by atoms with van der Waals surface area (Å²) in [6, 6.07) is 0.599. The van der Waals surface area contributed by atoms with E-state index in [0.29, 0.717) is 11.2 Å². The van der Waals surface area contributed by atoms with Crippen LogP contribution in [0.2, 0.25) is 0 Å². The first-order chi connectivity index (χ1) is 5.75. The van der Waals surface area contributed by atoms with Crippen molar-refractivity contribution in [3.8, 4) is 0 Å². The van der Waals surface area contributed by atoms with Gasteiger partial charge in [0.1, 0.15) is 0 Å². The molecule has 1 saturated carbocycles. The molecule has 0 bridgehead atoms. The molecule has 13 heavy (non-hydrogen) atoms. The molecule has 5 heteroatoms. The Morgan fingerprint density at radius 3 is 2.38 bits per heavy atom. The molecule has 1 aliphatic carbocycles. The van der Waals surface area contributed by atoms with E-state index in [1.54, 1.807) is 0 Å². The Labute approximate surface area is 91.4 Å². The zero-order chi connectivity index (χ0) is 8.97. The van der Waals surface area contributed by atoms with Crippen LogP contribution in [0.4, 0.5) is 0 Å². The van der Waals surface area contributed by atoms with Crippen LogP contribution in [-0.4, -0.2) is 23.1 Å². The molecule has 3 N–H and O–H groups in total. The smallest absolute Gasteiger partial charge is 0.183 e. The molecule has 0 atom stereocenters. The van der Waals surface area contributed by atoms with Gasteiger partial charge in [0.2, 0.25) is 0 Å². The van der Waals surface area contributed by atoms with Crippen LogP contribution in [0.15, 0.2) is 0 Å². The highest BCUT2D eigenvalue weighted by molar-refractivity contribution is 7.80. The molecule has 0 amide bonds. The van der Waals surface area contributed by atoms with E-state index < -0.39 is 0 Å². The van der Waals surface area contributed by atoms with Gasteiger partial charge in [-0.15, -0.1) is 12.4 Å². The Morgan fingerprint density at radius 1 is 1.38 bits per heavy atom. The summed E-state index contributed by atoms with van der Waals surface area (Å²) in [6.45, 7) is 0. The minimum Gasteiger partial charge on any atom is -0.348 e. The lowest BCUT2D eigenvalue weighted by Crippen LogP contribution is -2.46. The number of nitrogens with zero attached hydrogens (tertiary/aromatic N) is 1. The second kappa shape index (κ2) is 6.40. The summed E-state index contributed by atoms with van der Waals surface area (Å²) in [4.78, 5) is 2.08. The van der Waals surface area contributed by atoms with Crippen LogP contribution >= 0.6 is 24.6 Å². The van der Waals surface area contributed by atoms with Crippen LogP contribution in [0.5, 0.6) is 0 Å². The molecule has 1 aliphatic rings. The van der Waals surface area contributed by atoms with E-state index in [1.165, 1.54) is 32.1 Å². The van der Waals surface area contributed by atoms with E-state index in [1.807, 2.05) is 7.05 Å². The maximum atomic E-state index is 5.25. The molecule has 0 aromatic heterocycles. The van der Waals surface area contributed by atoms with Crippen molar-refractivity contribution in [1.82, 2.24) is 10.3 Å². The van der Waals surface area contributed by atoms with Gasteiger partial charge in [-0.1, -0.05) is 19.3 Å². The molecular weight excluding hydrogens is 206 g/mol. The predicted molar refractivity (Wildman–Crippen MR) is 61.8 cm³/mol. The Balaban J connectivity index is 0.00000144. The minimum atomic E-state index is 0. The molecule has 0 aliphatic heterocycles. The summed E-state index contributed by atoms with van der Waals surface area (Å²) in [6.07, 6.45) is 6.51. The van der Waals surface area contributed by atoms with E-state index in [9.17, 15) is 0 Å². The Kier molecular flexibility index (Phi) is 6.37. The van der Waals surface area contributed by atoms with Gasteiger partial charge in [-0.3, -0.25) is 0 Å². The number of nitrogens with one attached hydrogen (secondary N) is 1. The largest absolute Gasteiger partial charge is 0.348 e. The molecule has 1 rings (SSSR count). The van der Waals surface area contributed by atoms with Crippen LogP contribution in [0.3, 0.4) is 0 Å². The lowest BCUT2D eigenvalue weighted by atomic mass is 9.95. The van der Waals surface area contributed by atoms with Crippen molar-refractivity contribution in [1.29, 1.82) is 0 Å². The summed E-state index contributed by atoms with van der Waals surface area (Å²) >= 11 is 5.05. The van der Waals surface area contributed by atoms with Gasteiger partial charge in [-0.25, -0.2) is 5.84 Å². The third-order valence-corrected chi connectivity index (χ3v) is 2.97. The monoisotopic (exact) mass is 223 g/mol.